The molecule has 0 unspecified atom stereocenters. The van der Waals surface area contributed by atoms with Crippen LogP contribution in [0.3, 0.4) is 0 Å². The highest BCUT2D eigenvalue weighted by Crippen LogP contribution is 2.56. The predicted octanol–water partition coefficient (Wildman–Crippen LogP) is 16.8. The largest absolute Gasteiger partial charge is 0.310 e. The van der Waals surface area contributed by atoms with E-state index >= 15 is 0 Å². The highest BCUT2D eigenvalue weighted by molar-refractivity contribution is 6.00. The first-order valence-corrected chi connectivity index (χ1v) is 22.2. The monoisotopic (exact) mass is 813 g/mol. The van der Waals surface area contributed by atoms with Crippen LogP contribution in [0, 0.1) is 0 Å². The zero-order valence-electron chi connectivity index (χ0n) is 35.3. The maximum atomic E-state index is 2.45. The Morgan fingerprint density at radius 1 is 0.266 bits per heavy atom. The average molecular weight is 814 g/mol. The van der Waals surface area contributed by atoms with E-state index in [1.54, 1.807) is 0 Å². The van der Waals surface area contributed by atoms with Gasteiger partial charge in [0.15, 0.2) is 0 Å². The number of rotatable bonds is 8. The number of nitrogens with zero attached hydrogens (tertiary/aromatic N) is 1. The molecule has 1 aliphatic carbocycles. The Bertz CT molecular complexity index is 3430. The van der Waals surface area contributed by atoms with Crippen LogP contribution in [0.4, 0.5) is 17.1 Å². The third-order valence-electron chi connectivity index (χ3n) is 13.3. The fourth-order valence-electron chi connectivity index (χ4n) is 10.4. The number of fused-ring (bicyclic) bond motifs is 5. The third kappa shape index (κ3) is 6.16. The van der Waals surface area contributed by atoms with Crippen LogP contribution < -0.4 is 4.90 Å². The molecule has 0 radical (unpaired) electrons. The first-order valence-electron chi connectivity index (χ1n) is 22.2. The van der Waals surface area contributed by atoms with Crippen molar-refractivity contribution in [3.8, 4) is 44.5 Å². The summed E-state index contributed by atoms with van der Waals surface area (Å²) in [7, 11) is 0. The maximum absolute atomic E-state index is 2.45. The normalized spacial score (nSPS) is 12.5. The second-order valence-corrected chi connectivity index (χ2v) is 16.8. The molecule has 0 aliphatic heterocycles. The van der Waals surface area contributed by atoms with E-state index in [0.717, 1.165) is 17.1 Å². The van der Waals surface area contributed by atoms with Gasteiger partial charge in [-0.3, -0.25) is 0 Å². The van der Waals surface area contributed by atoms with Crippen molar-refractivity contribution >= 4 is 38.6 Å². The van der Waals surface area contributed by atoms with Crippen molar-refractivity contribution < 1.29 is 0 Å². The van der Waals surface area contributed by atoms with Gasteiger partial charge in [0.1, 0.15) is 0 Å². The van der Waals surface area contributed by atoms with Crippen LogP contribution in [0.15, 0.2) is 261 Å². The van der Waals surface area contributed by atoms with Crippen molar-refractivity contribution in [2.45, 2.75) is 5.41 Å². The molecule has 11 aromatic carbocycles. The molecule has 0 atom stereocenters. The van der Waals surface area contributed by atoms with Crippen LogP contribution in [0.2, 0.25) is 0 Å². The Kier molecular flexibility index (Phi) is 9.13. The Hall–Kier alpha value is -8.26. The lowest BCUT2D eigenvalue weighted by molar-refractivity contribution is 0.769. The molecule has 0 aromatic heterocycles. The minimum atomic E-state index is -0.445. The average Bonchev–Trinajstić information content (AvgIpc) is 3.68. The second-order valence-electron chi connectivity index (χ2n) is 16.8. The van der Waals surface area contributed by atoms with Gasteiger partial charge in [-0.05, 0) is 125 Å². The van der Waals surface area contributed by atoms with E-state index in [-0.39, 0.29) is 0 Å². The minimum Gasteiger partial charge on any atom is -0.310 e. The van der Waals surface area contributed by atoms with Crippen molar-refractivity contribution in [1.82, 2.24) is 0 Å². The van der Waals surface area contributed by atoms with Crippen molar-refractivity contribution in [2.75, 3.05) is 4.90 Å². The van der Waals surface area contributed by atoms with Crippen LogP contribution in [-0.4, -0.2) is 0 Å². The minimum absolute atomic E-state index is 0.445. The lowest BCUT2D eigenvalue weighted by atomic mass is 9.67. The standard InChI is InChI=1S/C63H43N/c1-3-22-51(23-4-1)63(52-24-5-2-6-25-52)60-30-12-11-28-58(60)59-41-36-49(43-61(59)63)45-34-39-54(40-35-45)64(62-31-15-19-47-17-8-10-27-57(47)62)53-37-32-44(33-38-53)48-20-13-21-50(42-48)56-29-14-18-46-16-7-9-26-55(46)56/h1-43H. The molecule has 64 heavy (non-hydrogen) atoms. The molecule has 0 fully saturated rings. The molecule has 12 rings (SSSR count). The van der Waals surface area contributed by atoms with Gasteiger partial charge in [-0.2, -0.15) is 0 Å². The molecule has 1 heteroatoms. The fourth-order valence-corrected chi connectivity index (χ4v) is 10.4. The number of hydrogen-bond acceptors (Lipinski definition) is 1. The van der Waals surface area contributed by atoms with Crippen molar-refractivity contribution in [1.29, 1.82) is 0 Å². The molecule has 0 saturated heterocycles. The van der Waals surface area contributed by atoms with Gasteiger partial charge >= 0.3 is 0 Å². The van der Waals surface area contributed by atoms with E-state index < -0.39 is 5.41 Å². The van der Waals surface area contributed by atoms with E-state index in [2.05, 4.69) is 266 Å². The molecule has 0 saturated carbocycles. The van der Waals surface area contributed by atoms with E-state index in [9.17, 15) is 0 Å². The van der Waals surface area contributed by atoms with Crippen molar-refractivity contribution in [3.05, 3.63) is 283 Å². The fraction of sp³-hybridized carbons (Fsp3) is 0.0159. The Labute approximate surface area is 374 Å². The summed E-state index contributed by atoms with van der Waals surface area (Å²) in [6, 6.07) is 95.7. The maximum Gasteiger partial charge on any atom is 0.0713 e. The quantitative estimate of drug-likeness (QED) is 0.148. The van der Waals surface area contributed by atoms with Gasteiger partial charge in [0.25, 0.3) is 0 Å². The lowest BCUT2D eigenvalue weighted by Gasteiger charge is -2.34. The number of anilines is 3. The summed E-state index contributed by atoms with van der Waals surface area (Å²) in [5.41, 5.74) is 17.9. The van der Waals surface area contributed by atoms with Crippen LogP contribution in [-0.2, 0) is 5.41 Å². The lowest BCUT2D eigenvalue weighted by Crippen LogP contribution is -2.28. The summed E-state index contributed by atoms with van der Waals surface area (Å²) in [6.07, 6.45) is 0. The van der Waals surface area contributed by atoms with Crippen LogP contribution in [0.25, 0.3) is 66.1 Å². The zero-order valence-corrected chi connectivity index (χ0v) is 35.3. The van der Waals surface area contributed by atoms with Crippen LogP contribution in [0.1, 0.15) is 22.3 Å². The van der Waals surface area contributed by atoms with E-state index in [4.69, 9.17) is 0 Å². The first kappa shape index (κ1) is 37.5. The van der Waals surface area contributed by atoms with Gasteiger partial charge in [0.2, 0.25) is 0 Å². The molecular formula is C63H43N. The first-order chi connectivity index (χ1) is 31.7. The molecule has 0 amide bonds. The molecule has 0 spiro atoms. The molecule has 1 nitrogen and oxygen atoms in total. The summed E-state index contributed by atoms with van der Waals surface area (Å²) in [5, 5.41) is 4.94. The second kappa shape index (κ2) is 15.6. The SMILES string of the molecule is c1ccc(C2(c3ccccc3)c3ccccc3-c3ccc(-c4ccc(N(c5ccc(-c6cccc(-c7cccc8ccccc78)c6)cc5)c5cccc6ccccc56)cc4)cc32)cc1. The van der Waals surface area contributed by atoms with E-state index in [1.165, 1.54) is 88.3 Å². The predicted molar refractivity (Wildman–Crippen MR) is 270 cm³/mol. The molecule has 0 heterocycles. The van der Waals surface area contributed by atoms with Gasteiger partial charge < -0.3 is 4.90 Å². The van der Waals surface area contributed by atoms with Crippen molar-refractivity contribution in [2.24, 2.45) is 0 Å². The summed E-state index contributed by atoms with van der Waals surface area (Å²) in [5.74, 6) is 0. The summed E-state index contributed by atoms with van der Waals surface area (Å²) in [6.45, 7) is 0. The summed E-state index contributed by atoms with van der Waals surface area (Å²) >= 11 is 0. The topological polar surface area (TPSA) is 3.24 Å². The number of benzene rings is 11. The molecule has 300 valence electrons. The highest BCUT2D eigenvalue weighted by atomic mass is 15.1. The van der Waals surface area contributed by atoms with Gasteiger partial charge in [0, 0.05) is 16.8 Å². The van der Waals surface area contributed by atoms with Gasteiger partial charge in [0.05, 0.1) is 11.1 Å². The molecule has 11 aromatic rings. The third-order valence-corrected chi connectivity index (χ3v) is 13.3. The Morgan fingerprint density at radius 3 is 1.42 bits per heavy atom. The smallest absolute Gasteiger partial charge is 0.0713 e. The summed E-state index contributed by atoms with van der Waals surface area (Å²) in [4.78, 5) is 2.40. The van der Waals surface area contributed by atoms with E-state index in [0.29, 0.717) is 0 Å². The molecular weight excluding hydrogens is 771 g/mol. The Morgan fingerprint density at radius 2 is 0.734 bits per heavy atom. The van der Waals surface area contributed by atoms with Gasteiger partial charge in [-0.25, -0.2) is 0 Å². The van der Waals surface area contributed by atoms with Crippen molar-refractivity contribution in [3.63, 3.8) is 0 Å². The number of hydrogen-bond donors (Lipinski definition) is 0. The van der Waals surface area contributed by atoms with Crippen LogP contribution >= 0.6 is 0 Å². The van der Waals surface area contributed by atoms with Gasteiger partial charge in [-0.1, -0.05) is 218 Å². The molecule has 0 N–H and O–H groups in total. The molecule has 0 bridgehead atoms. The molecule has 1 aliphatic rings. The Balaban J connectivity index is 0.945. The van der Waals surface area contributed by atoms with Gasteiger partial charge in [-0.15, -0.1) is 0 Å². The van der Waals surface area contributed by atoms with E-state index in [1.807, 2.05) is 0 Å². The zero-order chi connectivity index (χ0) is 42.5. The van der Waals surface area contributed by atoms with Crippen LogP contribution in [0.5, 0.6) is 0 Å². The summed E-state index contributed by atoms with van der Waals surface area (Å²) < 4.78 is 0. The highest BCUT2D eigenvalue weighted by Gasteiger charge is 2.46.